The minimum atomic E-state index is 0.756. The van der Waals surface area contributed by atoms with E-state index in [1.54, 1.807) is 0 Å². The lowest BCUT2D eigenvalue weighted by molar-refractivity contribution is 0.0606. The van der Waals surface area contributed by atoms with E-state index in [9.17, 15) is 0 Å². The van der Waals surface area contributed by atoms with Crippen molar-refractivity contribution in [3.05, 3.63) is 0 Å². The van der Waals surface area contributed by atoms with Gasteiger partial charge in [0.2, 0.25) is 0 Å². The molecule has 1 fully saturated rings. The van der Waals surface area contributed by atoms with Gasteiger partial charge in [0.15, 0.2) is 0 Å². The summed E-state index contributed by atoms with van der Waals surface area (Å²) in [6.45, 7) is 8.68. The Morgan fingerprint density at radius 3 is 2.53 bits per heavy atom. The van der Waals surface area contributed by atoms with Crippen molar-refractivity contribution in [2.24, 2.45) is 5.92 Å². The van der Waals surface area contributed by atoms with Gasteiger partial charge in [0.05, 0.1) is 6.61 Å². The number of hydrogen-bond acceptors (Lipinski definition) is 2. The number of nitrogens with zero attached hydrogens (tertiary/aromatic N) is 1. The molecule has 0 heterocycles. The highest BCUT2D eigenvalue weighted by Crippen LogP contribution is 2.24. The third kappa shape index (κ3) is 6.78. The van der Waals surface area contributed by atoms with Gasteiger partial charge in [-0.05, 0) is 38.1 Å². The molecule has 2 nitrogen and oxygen atoms in total. The fourth-order valence-electron chi connectivity index (χ4n) is 2.09. The van der Waals surface area contributed by atoms with Crippen LogP contribution < -0.4 is 0 Å². The molecule has 0 aromatic rings. The first-order chi connectivity index (χ1) is 8.24. The second-order valence-corrected chi connectivity index (χ2v) is 6.25. The molecule has 0 saturated heterocycles. The van der Waals surface area contributed by atoms with Gasteiger partial charge in [-0.15, -0.1) is 0 Å². The molecule has 0 aromatic heterocycles. The van der Waals surface area contributed by atoms with Crippen LogP contribution in [0.15, 0.2) is 0 Å². The Balaban J connectivity index is 2.06. The predicted molar refractivity (Wildman–Crippen MR) is 77.9 cm³/mol. The number of halogens is 1. The van der Waals surface area contributed by atoms with E-state index in [0.29, 0.717) is 0 Å². The maximum Gasteiger partial charge on any atom is 0.0593 e. The number of hydrogen-bond donors (Lipinski definition) is 0. The molecule has 0 aromatic carbocycles. The molecule has 0 spiro atoms. The third-order valence-electron chi connectivity index (χ3n) is 3.53. The second-order valence-electron chi connectivity index (χ2n) is 5.46. The van der Waals surface area contributed by atoms with Crippen LogP contribution in [0.5, 0.6) is 0 Å². The van der Waals surface area contributed by atoms with E-state index in [0.717, 1.165) is 37.0 Å². The van der Waals surface area contributed by atoms with Crippen LogP contribution in [0.4, 0.5) is 0 Å². The molecule has 1 rings (SSSR count). The Bertz CT molecular complexity index is 183. The van der Waals surface area contributed by atoms with E-state index in [1.807, 2.05) is 0 Å². The smallest absolute Gasteiger partial charge is 0.0593 e. The Hall–Kier alpha value is 0.400. The molecule has 1 saturated carbocycles. The summed E-state index contributed by atoms with van der Waals surface area (Å²) < 4.78 is 5.72. The van der Waals surface area contributed by atoms with Crippen molar-refractivity contribution >= 4 is 15.9 Å². The van der Waals surface area contributed by atoms with Gasteiger partial charge in [0, 0.05) is 24.5 Å². The largest absolute Gasteiger partial charge is 0.380 e. The van der Waals surface area contributed by atoms with Gasteiger partial charge in [0.25, 0.3) is 0 Å². The zero-order chi connectivity index (χ0) is 12.5. The van der Waals surface area contributed by atoms with Gasteiger partial charge in [-0.25, -0.2) is 0 Å². The summed E-state index contributed by atoms with van der Waals surface area (Å²) in [4.78, 5) is 2.63. The Morgan fingerprint density at radius 1 is 1.24 bits per heavy atom. The van der Waals surface area contributed by atoms with Crippen molar-refractivity contribution in [1.29, 1.82) is 0 Å². The molecule has 0 bridgehead atoms. The normalized spacial score (nSPS) is 16.8. The molecule has 1 aliphatic carbocycles. The highest BCUT2D eigenvalue weighted by molar-refractivity contribution is 9.09. The molecule has 3 heteroatoms. The molecule has 0 unspecified atom stereocenters. The molecule has 17 heavy (non-hydrogen) atoms. The fraction of sp³-hybridized carbons (Fsp3) is 1.00. The summed E-state index contributed by atoms with van der Waals surface area (Å²) in [6.07, 6.45) is 6.65. The first-order valence-corrected chi connectivity index (χ1v) is 8.24. The summed E-state index contributed by atoms with van der Waals surface area (Å²) >= 11 is 3.52. The van der Waals surface area contributed by atoms with E-state index in [2.05, 4.69) is 34.7 Å². The molecular weight excluding hydrogens is 278 g/mol. The van der Waals surface area contributed by atoms with Crippen molar-refractivity contribution in [3.63, 3.8) is 0 Å². The van der Waals surface area contributed by atoms with E-state index in [1.165, 1.54) is 38.6 Å². The summed E-state index contributed by atoms with van der Waals surface area (Å²) in [5.41, 5.74) is 0. The standard InChI is InChI=1S/C14H28BrNO/c1-13(2)7-11-17-12-10-16(9-4-8-15)14-5-3-6-14/h13-14H,3-12H2,1-2H3. The number of ether oxygens (including phenoxy) is 1. The van der Waals surface area contributed by atoms with Gasteiger partial charge in [0.1, 0.15) is 0 Å². The fourth-order valence-corrected chi connectivity index (χ4v) is 2.35. The lowest BCUT2D eigenvalue weighted by Crippen LogP contribution is -2.42. The van der Waals surface area contributed by atoms with Crippen LogP contribution in [0.25, 0.3) is 0 Å². The molecule has 0 atom stereocenters. The van der Waals surface area contributed by atoms with Crippen molar-refractivity contribution in [2.45, 2.75) is 52.0 Å². The van der Waals surface area contributed by atoms with Crippen LogP contribution in [-0.2, 0) is 4.74 Å². The third-order valence-corrected chi connectivity index (χ3v) is 4.09. The maximum absolute atomic E-state index is 5.72. The van der Waals surface area contributed by atoms with Crippen molar-refractivity contribution in [2.75, 3.05) is 31.6 Å². The second kappa shape index (κ2) is 9.35. The van der Waals surface area contributed by atoms with E-state index < -0.39 is 0 Å². The van der Waals surface area contributed by atoms with Crippen LogP contribution in [0.2, 0.25) is 0 Å². The van der Waals surface area contributed by atoms with Crippen LogP contribution in [0.1, 0.15) is 46.0 Å². The first kappa shape index (κ1) is 15.5. The van der Waals surface area contributed by atoms with Crippen molar-refractivity contribution in [3.8, 4) is 0 Å². The van der Waals surface area contributed by atoms with Gasteiger partial charge >= 0.3 is 0 Å². The number of rotatable bonds is 10. The minimum Gasteiger partial charge on any atom is -0.380 e. The minimum absolute atomic E-state index is 0.756. The van der Waals surface area contributed by atoms with Crippen LogP contribution in [-0.4, -0.2) is 42.6 Å². The summed E-state index contributed by atoms with van der Waals surface area (Å²) in [7, 11) is 0. The molecule has 1 aliphatic rings. The highest BCUT2D eigenvalue weighted by atomic mass is 79.9. The topological polar surface area (TPSA) is 12.5 Å². The SMILES string of the molecule is CC(C)CCOCCN(CCCBr)C1CCC1. The Morgan fingerprint density at radius 2 is 2.00 bits per heavy atom. The van der Waals surface area contributed by atoms with Gasteiger partial charge in [-0.3, -0.25) is 4.90 Å². The van der Waals surface area contributed by atoms with Crippen LogP contribution >= 0.6 is 15.9 Å². The molecule has 0 amide bonds. The average Bonchev–Trinajstić information content (AvgIpc) is 2.21. The average molecular weight is 306 g/mol. The lowest BCUT2D eigenvalue weighted by Gasteiger charge is -2.37. The summed E-state index contributed by atoms with van der Waals surface area (Å²) in [6, 6.07) is 0.850. The molecule has 0 aliphatic heterocycles. The highest BCUT2D eigenvalue weighted by Gasteiger charge is 2.23. The zero-order valence-electron chi connectivity index (χ0n) is 11.5. The summed E-state index contributed by atoms with van der Waals surface area (Å²) in [5.74, 6) is 0.756. The first-order valence-electron chi connectivity index (χ1n) is 7.11. The quantitative estimate of drug-likeness (QED) is 0.451. The van der Waals surface area contributed by atoms with E-state index >= 15 is 0 Å². The molecule has 0 radical (unpaired) electrons. The monoisotopic (exact) mass is 305 g/mol. The molecule has 102 valence electrons. The van der Waals surface area contributed by atoms with Gasteiger partial charge < -0.3 is 4.74 Å². The van der Waals surface area contributed by atoms with Gasteiger partial charge in [-0.1, -0.05) is 36.2 Å². The Kier molecular flexibility index (Phi) is 8.50. The summed E-state index contributed by atoms with van der Waals surface area (Å²) in [5, 5.41) is 1.12. The zero-order valence-corrected chi connectivity index (χ0v) is 13.0. The van der Waals surface area contributed by atoms with Gasteiger partial charge in [-0.2, -0.15) is 0 Å². The Labute approximate surface area is 115 Å². The molecular formula is C14H28BrNO. The van der Waals surface area contributed by atoms with E-state index in [-0.39, 0.29) is 0 Å². The van der Waals surface area contributed by atoms with E-state index in [4.69, 9.17) is 4.74 Å². The predicted octanol–water partition coefficient (Wildman–Crippen LogP) is 3.69. The van der Waals surface area contributed by atoms with Crippen molar-refractivity contribution < 1.29 is 4.74 Å². The number of alkyl halides is 1. The lowest BCUT2D eigenvalue weighted by atomic mass is 9.91. The molecule has 0 N–H and O–H groups in total. The van der Waals surface area contributed by atoms with Crippen LogP contribution in [0, 0.1) is 5.92 Å². The van der Waals surface area contributed by atoms with Crippen LogP contribution in [0.3, 0.4) is 0 Å². The maximum atomic E-state index is 5.72. The van der Waals surface area contributed by atoms with Crippen molar-refractivity contribution in [1.82, 2.24) is 4.90 Å².